The van der Waals surface area contributed by atoms with Crippen LogP contribution in [0.4, 0.5) is 0 Å². The fourth-order valence-corrected chi connectivity index (χ4v) is 3.31. The summed E-state index contributed by atoms with van der Waals surface area (Å²) >= 11 is 0. The number of carbonyl (C=O) groups is 1. The lowest BCUT2D eigenvalue weighted by molar-refractivity contribution is -0.208. The minimum atomic E-state index is -0.478. The molecule has 0 amide bonds. The Morgan fingerprint density at radius 2 is 2.04 bits per heavy atom. The fourth-order valence-electron chi connectivity index (χ4n) is 3.31. The predicted octanol–water partition coefficient (Wildman–Crippen LogP) is 2.39. The van der Waals surface area contributed by atoms with E-state index in [0.717, 1.165) is 5.56 Å². The Hall–Kier alpha value is -2.25. The fraction of sp³-hybridized carbons (Fsp3) is 0.526. The molecular formula is C19H25N3O4. The molecule has 3 rings (SSSR count). The first kappa shape index (κ1) is 18.5. The maximum absolute atomic E-state index is 12.2. The molecule has 0 spiro atoms. The van der Waals surface area contributed by atoms with E-state index >= 15 is 0 Å². The largest absolute Gasteiger partial charge is 0.459 e. The van der Waals surface area contributed by atoms with Gasteiger partial charge >= 0.3 is 5.97 Å². The molecule has 0 radical (unpaired) electrons. The van der Waals surface area contributed by atoms with Crippen molar-refractivity contribution >= 4 is 5.97 Å². The van der Waals surface area contributed by atoms with E-state index in [0.29, 0.717) is 26.1 Å². The average molecular weight is 359 g/mol. The van der Waals surface area contributed by atoms with E-state index in [-0.39, 0.29) is 18.8 Å². The molecule has 1 aliphatic heterocycles. The van der Waals surface area contributed by atoms with Gasteiger partial charge in [-0.2, -0.15) is 5.10 Å². The molecule has 0 N–H and O–H groups in total. The maximum Gasteiger partial charge on any atom is 0.305 e. The molecule has 7 nitrogen and oxygen atoms in total. The molecule has 7 heteroatoms. The van der Waals surface area contributed by atoms with Crippen molar-refractivity contribution in [3.05, 3.63) is 48.5 Å². The Bertz CT molecular complexity index is 684. The first-order chi connectivity index (χ1) is 12.6. The van der Waals surface area contributed by atoms with Gasteiger partial charge in [0.15, 0.2) is 0 Å². The van der Waals surface area contributed by atoms with Crippen LogP contribution in [0, 0.1) is 5.41 Å². The number of aromatic nitrogens is 3. The molecule has 2 aromatic rings. The Morgan fingerprint density at radius 1 is 1.31 bits per heavy atom. The molecule has 1 saturated heterocycles. The summed E-state index contributed by atoms with van der Waals surface area (Å²) in [6, 6.07) is 9.86. The smallest absolute Gasteiger partial charge is 0.305 e. The molecule has 0 bridgehead atoms. The van der Waals surface area contributed by atoms with Gasteiger partial charge in [-0.05, 0) is 12.0 Å². The van der Waals surface area contributed by atoms with Gasteiger partial charge in [0.25, 0.3) is 0 Å². The highest BCUT2D eigenvalue weighted by atomic mass is 16.7. The van der Waals surface area contributed by atoms with Gasteiger partial charge in [0.1, 0.15) is 25.6 Å². The summed E-state index contributed by atoms with van der Waals surface area (Å²) in [5, 5.41) is 4.33. The van der Waals surface area contributed by atoms with Crippen LogP contribution in [0.25, 0.3) is 0 Å². The van der Waals surface area contributed by atoms with Crippen LogP contribution in [0.2, 0.25) is 0 Å². The normalized spacial score (nSPS) is 18.8. The first-order valence-electron chi connectivity index (χ1n) is 8.85. The number of esters is 1. The molecule has 0 saturated carbocycles. The van der Waals surface area contributed by atoms with Gasteiger partial charge in [0.05, 0.1) is 24.7 Å². The zero-order chi connectivity index (χ0) is 18.4. The number of hydrogen-bond acceptors (Lipinski definition) is 6. The van der Waals surface area contributed by atoms with Crippen LogP contribution in [0.15, 0.2) is 43.0 Å². The van der Waals surface area contributed by atoms with Gasteiger partial charge in [-0.3, -0.25) is 4.79 Å². The van der Waals surface area contributed by atoms with Crippen LogP contribution in [0.3, 0.4) is 0 Å². The zero-order valence-corrected chi connectivity index (χ0v) is 15.2. The summed E-state index contributed by atoms with van der Waals surface area (Å²) in [6.07, 6.45) is 3.66. The number of nitrogens with zero attached hydrogens (tertiary/aromatic N) is 3. The molecule has 2 unspecified atom stereocenters. The molecule has 1 aliphatic rings. The highest BCUT2D eigenvalue weighted by molar-refractivity contribution is 5.69. The third-order valence-corrected chi connectivity index (χ3v) is 4.68. The maximum atomic E-state index is 12.2. The summed E-state index contributed by atoms with van der Waals surface area (Å²) in [7, 11) is 0. The second-order valence-electron chi connectivity index (χ2n) is 6.87. The Labute approximate surface area is 153 Å². The van der Waals surface area contributed by atoms with Crippen LogP contribution in [-0.4, -0.2) is 46.8 Å². The van der Waals surface area contributed by atoms with Crippen molar-refractivity contribution in [3.8, 4) is 0 Å². The molecular weight excluding hydrogens is 334 g/mol. The van der Waals surface area contributed by atoms with Crippen molar-refractivity contribution < 1.29 is 19.0 Å². The highest BCUT2D eigenvalue weighted by Crippen LogP contribution is 2.36. The van der Waals surface area contributed by atoms with Gasteiger partial charge in [-0.25, -0.2) is 9.67 Å². The second kappa shape index (κ2) is 8.42. The number of ether oxygens (including phenoxy) is 3. The molecule has 2 atom stereocenters. The molecule has 26 heavy (non-hydrogen) atoms. The molecule has 1 aromatic carbocycles. The van der Waals surface area contributed by atoms with Crippen LogP contribution >= 0.6 is 0 Å². The summed E-state index contributed by atoms with van der Waals surface area (Å²) in [6.45, 7) is 4.98. The van der Waals surface area contributed by atoms with E-state index in [1.807, 2.05) is 25.1 Å². The lowest BCUT2D eigenvalue weighted by atomic mass is 9.79. The predicted molar refractivity (Wildman–Crippen MR) is 94.3 cm³/mol. The monoisotopic (exact) mass is 359 g/mol. The Morgan fingerprint density at radius 3 is 2.65 bits per heavy atom. The SMILES string of the molecule is CCC(=O)OC(C(Cc1ccccc1)n1cncn1)C1(C)COCOC1. The molecule has 2 heterocycles. The van der Waals surface area contributed by atoms with Gasteiger partial charge < -0.3 is 14.2 Å². The minimum absolute atomic E-state index is 0.217. The van der Waals surface area contributed by atoms with Crippen molar-refractivity contribution in [1.82, 2.24) is 14.8 Å². The van der Waals surface area contributed by atoms with E-state index < -0.39 is 11.5 Å². The summed E-state index contributed by atoms with van der Waals surface area (Å²) < 4.78 is 18.8. The first-order valence-corrected chi connectivity index (χ1v) is 8.85. The number of hydrogen-bond donors (Lipinski definition) is 0. The summed E-state index contributed by atoms with van der Waals surface area (Å²) in [4.78, 5) is 16.3. The zero-order valence-electron chi connectivity index (χ0n) is 15.2. The van der Waals surface area contributed by atoms with Crippen molar-refractivity contribution in [2.45, 2.75) is 38.8 Å². The van der Waals surface area contributed by atoms with Gasteiger partial charge in [0.2, 0.25) is 0 Å². The Balaban J connectivity index is 1.95. The standard InChI is InChI=1S/C19H25N3O4/c1-3-17(23)26-18(19(2)10-24-14-25-11-19)16(22-13-20-12-21-22)9-15-7-5-4-6-8-15/h4-8,12-13,16,18H,3,9-11,14H2,1-2H3. The van der Waals surface area contributed by atoms with Crippen molar-refractivity contribution in [2.75, 3.05) is 20.0 Å². The third kappa shape index (κ3) is 4.28. The van der Waals surface area contributed by atoms with Gasteiger partial charge in [-0.1, -0.05) is 44.2 Å². The lowest BCUT2D eigenvalue weighted by Gasteiger charge is -2.42. The van der Waals surface area contributed by atoms with Crippen LogP contribution in [0.1, 0.15) is 31.9 Å². The van der Waals surface area contributed by atoms with Crippen LogP contribution < -0.4 is 0 Å². The van der Waals surface area contributed by atoms with Crippen molar-refractivity contribution in [2.24, 2.45) is 5.41 Å². The number of carbonyl (C=O) groups excluding carboxylic acids is 1. The average Bonchev–Trinajstić information content (AvgIpc) is 3.20. The van der Waals surface area contributed by atoms with Gasteiger partial charge in [0, 0.05) is 6.42 Å². The molecule has 1 aromatic heterocycles. The van der Waals surface area contributed by atoms with E-state index in [9.17, 15) is 4.79 Å². The topological polar surface area (TPSA) is 75.5 Å². The van der Waals surface area contributed by atoms with E-state index in [2.05, 4.69) is 22.2 Å². The van der Waals surface area contributed by atoms with Crippen molar-refractivity contribution in [1.29, 1.82) is 0 Å². The van der Waals surface area contributed by atoms with Gasteiger partial charge in [-0.15, -0.1) is 0 Å². The number of rotatable bonds is 7. The number of benzene rings is 1. The van der Waals surface area contributed by atoms with E-state index in [1.165, 1.54) is 6.33 Å². The summed E-state index contributed by atoms with van der Waals surface area (Å²) in [5.41, 5.74) is 0.654. The second-order valence-corrected chi connectivity index (χ2v) is 6.87. The minimum Gasteiger partial charge on any atom is -0.459 e. The molecule has 0 aliphatic carbocycles. The quantitative estimate of drug-likeness (QED) is 0.707. The molecule has 1 fully saturated rings. The molecule has 140 valence electrons. The Kier molecular flexibility index (Phi) is 6.00. The van der Waals surface area contributed by atoms with Crippen LogP contribution in [0.5, 0.6) is 0 Å². The van der Waals surface area contributed by atoms with E-state index in [4.69, 9.17) is 14.2 Å². The summed E-state index contributed by atoms with van der Waals surface area (Å²) in [5.74, 6) is -0.250. The highest BCUT2D eigenvalue weighted by Gasteiger charge is 2.45. The third-order valence-electron chi connectivity index (χ3n) is 4.68. The van der Waals surface area contributed by atoms with Crippen LogP contribution in [-0.2, 0) is 25.4 Å². The lowest BCUT2D eigenvalue weighted by Crippen LogP contribution is -2.51. The van der Waals surface area contributed by atoms with Crippen molar-refractivity contribution in [3.63, 3.8) is 0 Å². The van der Waals surface area contributed by atoms with E-state index in [1.54, 1.807) is 17.9 Å².